The van der Waals surface area contributed by atoms with Gasteiger partial charge in [-0.2, -0.15) is 5.10 Å². The molecule has 1 heterocycles. The first-order valence-electron chi connectivity index (χ1n) is 1.59. The number of nitrogens with one attached hydrogen (secondary N) is 1. The second kappa shape index (κ2) is 1.49. The third-order valence-electron chi connectivity index (χ3n) is 0.513. The molecule has 0 amide bonds. The summed E-state index contributed by atoms with van der Waals surface area (Å²) < 4.78 is 1.17. The Morgan fingerprint density at radius 2 is 2.71 bits per heavy atom. The Hall–Kier alpha value is -0.580. The van der Waals surface area contributed by atoms with E-state index in [1.54, 1.807) is 0 Å². The third-order valence-corrected chi connectivity index (χ3v) is 1.02. The summed E-state index contributed by atoms with van der Waals surface area (Å²) in [7, 11) is 0. The minimum Gasteiger partial charge on any atom is -0.245 e. The van der Waals surface area contributed by atoms with Gasteiger partial charge >= 0.3 is 5.69 Å². The Morgan fingerprint density at radius 1 is 2.00 bits per heavy atom. The summed E-state index contributed by atoms with van der Waals surface area (Å²) in [5.74, 6) is 0. The van der Waals surface area contributed by atoms with Gasteiger partial charge < -0.3 is 0 Å². The van der Waals surface area contributed by atoms with E-state index in [1.807, 2.05) is 0 Å². The maximum atomic E-state index is 10.2. The van der Waals surface area contributed by atoms with Crippen molar-refractivity contribution >= 4 is 16.1 Å². The predicted molar refractivity (Wildman–Crippen MR) is 27.2 cm³/mol. The number of halogens is 1. The average Bonchev–Trinajstić information content (AvgIpc) is 1.91. The maximum absolute atomic E-state index is 10.2. The molecule has 0 spiro atoms. The molecule has 1 rings (SSSR count). The van der Waals surface area contributed by atoms with Crippen LogP contribution >= 0.6 is 16.1 Å². The molecule has 0 aliphatic carbocycles. The topological polar surface area (TPSA) is 50.7 Å². The third kappa shape index (κ3) is 0.714. The van der Waals surface area contributed by atoms with Crippen molar-refractivity contribution < 1.29 is 0 Å². The van der Waals surface area contributed by atoms with Gasteiger partial charge in [0.05, 0.1) is 16.1 Å². The molecule has 0 fully saturated rings. The van der Waals surface area contributed by atoms with E-state index in [2.05, 4.69) is 26.3 Å². The standard InChI is InChI=1S/C2H2BrN3O/c3-6-1-4-5-2(6)7/h1H,(H,5,7). The summed E-state index contributed by atoms with van der Waals surface area (Å²) in [6.45, 7) is 0. The predicted octanol–water partition coefficient (Wildman–Crippen LogP) is -0.271. The molecule has 0 bridgehead atoms. The Morgan fingerprint density at radius 3 is 2.86 bits per heavy atom. The Balaban J connectivity index is 3.39. The molecule has 38 valence electrons. The summed E-state index contributed by atoms with van der Waals surface area (Å²) >= 11 is 2.88. The van der Waals surface area contributed by atoms with Crippen LogP contribution in [0.25, 0.3) is 0 Å². The van der Waals surface area contributed by atoms with E-state index in [-0.39, 0.29) is 5.69 Å². The van der Waals surface area contributed by atoms with E-state index in [9.17, 15) is 4.79 Å². The highest BCUT2D eigenvalue weighted by molar-refractivity contribution is 9.08. The highest BCUT2D eigenvalue weighted by Crippen LogP contribution is 1.76. The zero-order chi connectivity index (χ0) is 5.28. The van der Waals surface area contributed by atoms with Crippen LogP contribution in [0.1, 0.15) is 0 Å². The Bertz CT molecular complexity index is 201. The molecule has 0 saturated heterocycles. The van der Waals surface area contributed by atoms with Crippen molar-refractivity contribution in [2.45, 2.75) is 0 Å². The molecule has 4 nitrogen and oxygen atoms in total. The van der Waals surface area contributed by atoms with Crippen LogP contribution in [0.3, 0.4) is 0 Å². The van der Waals surface area contributed by atoms with Crippen molar-refractivity contribution in [3.05, 3.63) is 16.8 Å². The van der Waals surface area contributed by atoms with Crippen LogP contribution in [-0.4, -0.2) is 13.8 Å². The summed E-state index contributed by atoms with van der Waals surface area (Å²) in [6, 6.07) is 0. The number of hydrogen-bond acceptors (Lipinski definition) is 2. The molecular formula is C2H2BrN3O. The molecule has 5 heteroatoms. The number of hydrogen-bond donors (Lipinski definition) is 1. The molecule has 0 atom stereocenters. The van der Waals surface area contributed by atoms with Gasteiger partial charge in [-0.05, 0) is 0 Å². The summed E-state index contributed by atoms with van der Waals surface area (Å²) in [4.78, 5) is 10.2. The minimum atomic E-state index is -0.264. The van der Waals surface area contributed by atoms with Crippen LogP contribution in [0.5, 0.6) is 0 Å². The smallest absolute Gasteiger partial charge is 0.245 e. The van der Waals surface area contributed by atoms with Crippen molar-refractivity contribution in [3.63, 3.8) is 0 Å². The zero-order valence-electron chi connectivity index (χ0n) is 3.26. The van der Waals surface area contributed by atoms with Crippen LogP contribution in [0.15, 0.2) is 11.1 Å². The van der Waals surface area contributed by atoms with E-state index < -0.39 is 0 Å². The molecule has 1 aromatic heterocycles. The molecule has 0 unspecified atom stereocenters. The quantitative estimate of drug-likeness (QED) is 0.573. The average molecular weight is 164 g/mol. The molecular weight excluding hydrogens is 162 g/mol. The molecule has 1 N–H and O–H groups in total. The van der Waals surface area contributed by atoms with E-state index in [1.165, 1.54) is 9.92 Å². The lowest BCUT2D eigenvalue weighted by Crippen LogP contribution is -2.06. The highest BCUT2D eigenvalue weighted by atomic mass is 79.9. The molecule has 0 radical (unpaired) electrons. The second-order valence-electron chi connectivity index (χ2n) is 0.973. The summed E-state index contributed by atoms with van der Waals surface area (Å²) in [5, 5.41) is 5.58. The van der Waals surface area contributed by atoms with Gasteiger partial charge in [0.1, 0.15) is 6.33 Å². The lowest BCUT2D eigenvalue weighted by atomic mass is 11.3. The lowest BCUT2D eigenvalue weighted by Gasteiger charge is -1.69. The largest absolute Gasteiger partial charge is 0.353 e. The molecule has 7 heavy (non-hydrogen) atoms. The van der Waals surface area contributed by atoms with Crippen molar-refractivity contribution in [3.8, 4) is 0 Å². The van der Waals surface area contributed by atoms with E-state index in [0.717, 1.165) is 0 Å². The van der Waals surface area contributed by atoms with Crippen LogP contribution in [-0.2, 0) is 0 Å². The fourth-order valence-electron chi connectivity index (χ4n) is 0.235. The van der Waals surface area contributed by atoms with E-state index in [4.69, 9.17) is 0 Å². The first-order chi connectivity index (χ1) is 3.30. The van der Waals surface area contributed by atoms with Crippen molar-refractivity contribution in [1.29, 1.82) is 0 Å². The molecule has 0 aliphatic rings. The van der Waals surface area contributed by atoms with Gasteiger partial charge in [-0.1, -0.05) is 0 Å². The SMILES string of the molecule is O=c1[nH]ncn1Br. The number of H-pyrrole nitrogens is 1. The van der Waals surface area contributed by atoms with Gasteiger partial charge in [0.15, 0.2) is 0 Å². The number of rotatable bonds is 0. The van der Waals surface area contributed by atoms with Crippen LogP contribution in [0.2, 0.25) is 0 Å². The first-order valence-corrected chi connectivity index (χ1v) is 2.30. The van der Waals surface area contributed by atoms with Crippen molar-refractivity contribution in [2.24, 2.45) is 0 Å². The van der Waals surface area contributed by atoms with Gasteiger partial charge in [0.2, 0.25) is 0 Å². The van der Waals surface area contributed by atoms with Gasteiger partial charge in [0, 0.05) is 0 Å². The minimum absolute atomic E-state index is 0.264. The monoisotopic (exact) mass is 163 g/mol. The summed E-state index contributed by atoms with van der Waals surface area (Å²) in [6.07, 6.45) is 1.34. The normalized spacial score (nSPS) is 9.29. The molecule has 0 aromatic carbocycles. The lowest BCUT2D eigenvalue weighted by molar-refractivity contribution is 1.05. The second-order valence-corrected chi connectivity index (χ2v) is 1.74. The highest BCUT2D eigenvalue weighted by Gasteiger charge is 1.84. The van der Waals surface area contributed by atoms with Gasteiger partial charge in [-0.25, -0.2) is 13.5 Å². The maximum Gasteiger partial charge on any atom is 0.353 e. The number of aromatic amines is 1. The fourth-order valence-corrected chi connectivity index (χ4v) is 0.406. The van der Waals surface area contributed by atoms with Crippen LogP contribution in [0, 0.1) is 0 Å². The zero-order valence-corrected chi connectivity index (χ0v) is 4.84. The Labute approximate surface area is 47.5 Å². The summed E-state index contributed by atoms with van der Waals surface area (Å²) in [5.41, 5.74) is -0.264. The van der Waals surface area contributed by atoms with Crippen molar-refractivity contribution in [2.75, 3.05) is 0 Å². The van der Waals surface area contributed by atoms with E-state index in [0.29, 0.717) is 0 Å². The van der Waals surface area contributed by atoms with Gasteiger partial charge in [0.25, 0.3) is 0 Å². The van der Waals surface area contributed by atoms with Gasteiger partial charge in [-0.3, -0.25) is 0 Å². The van der Waals surface area contributed by atoms with Gasteiger partial charge in [-0.15, -0.1) is 0 Å². The first kappa shape index (κ1) is 4.58. The number of aromatic nitrogens is 3. The van der Waals surface area contributed by atoms with Crippen molar-refractivity contribution in [1.82, 2.24) is 13.8 Å². The molecule has 1 aromatic rings. The van der Waals surface area contributed by atoms with Crippen LogP contribution in [0.4, 0.5) is 0 Å². The molecule has 0 saturated carbocycles. The Kier molecular flexibility index (Phi) is 0.976. The molecule has 0 aliphatic heterocycles. The van der Waals surface area contributed by atoms with Crippen LogP contribution < -0.4 is 5.69 Å². The fraction of sp³-hybridized carbons (Fsp3) is 0. The number of nitrogens with zero attached hydrogens (tertiary/aromatic N) is 2. The van der Waals surface area contributed by atoms with E-state index >= 15 is 0 Å².